The molecule has 0 aliphatic rings. The summed E-state index contributed by atoms with van der Waals surface area (Å²) in [5.41, 5.74) is 0. The quantitative estimate of drug-likeness (QED) is 0.177. The van der Waals surface area contributed by atoms with Gasteiger partial charge in [-0.15, -0.1) is 0 Å². The summed E-state index contributed by atoms with van der Waals surface area (Å²) in [7, 11) is -4.64. The van der Waals surface area contributed by atoms with Gasteiger partial charge in [-0.2, -0.15) is 0 Å². The number of phosphoric acid groups is 1. The summed E-state index contributed by atoms with van der Waals surface area (Å²) >= 11 is 0. The first-order valence-electron chi connectivity index (χ1n) is 6.38. The average molecular weight is 312 g/mol. The Morgan fingerprint density at radius 2 is 1.65 bits per heavy atom. The van der Waals surface area contributed by atoms with Crippen molar-refractivity contribution in [2.24, 2.45) is 0 Å². The smallest absolute Gasteiger partial charge is 0.308 e. The lowest BCUT2D eigenvalue weighted by Gasteiger charge is -2.04. The maximum absolute atomic E-state index is 8.88. The van der Waals surface area contributed by atoms with E-state index in [2.05, 4.69) is 30.0 Å². The predicted octanol–water partition coefficient (Wildman–Crippen LogP) is 3.35. The summed E-state index contributed by atoms with van der Waals surface area (Å²) < 4.78 is 8.88. The second-order valence-corrected chi connectivity index (χ2v) is 5.01. The number of allylic oxidation sites excluding steroid dienone is 1. The third kappa shape index (κ3) is 30.3. The number of unbranched alkanes of at least 4 members (excludes halogenated alkanes) is 5. The maximum Gasteiger partial charge on any atom is 0.466 e. The molecule has 0 fully saturated rings. The zero-order valence-corrected chi connectivity index (χ0v) is 12.8. The minimum absolute atomic E-state index is 0.590. The molecular formula is C12H25O7P. The molecule has 0 rings (SSSR count). The predicted molar refractivity (Wildman–Crippen MR) is 74.8 cm³/mol. The van der Waals surface area contributed by atoms with E-state index in [1.807, 2.05) is 0 Å². The summed E-state index contributed by atoms with van der Waals surface area (Å²) in [6, 6.07) is 0. The van der Waals surface area contributed by atoms with Gasteiger partial charge in [0, 0.05) is 11.5 Å². The van der Waals surface area contributed by atoms with Gasteiger partial charge in [0.15, 0.2) is 0 Å². The van der Waals surface area contributed by atoms with E-state index in [1.165, 1.54) is 32.1 Å². The first kappa shape index (κ1) is 21.4. The first-order chi connectivity index (χ1) is 9.31. The second kappa shape index (κ2) is 14.6. The van der Waals surface area contributed by atoms with Crippen molar-refractivity contribution in [1.82, 2.24) is 0 Å². The topological polar surface area (TPSA) is 105 Å². The molecule has 0 spiro atoms. The lowest BCUT2D eigenvalue weighted by Crippen LogP contribution is -1.92. The van der Waals surface area contributed by atoms with Gasteiger partial charge in [-0.1, -0.05) is 52.2 Å². The standard InChI is InChI=1S/C12H22O3.H3O4P/c1-4-6-7-8-9-10-11-12(3)14-15-13-5-2;1-5(2,3)4/h5H,2-4,6-11H2,1H3;(H3,1,2,3,4). The average Bonchev–Trinajstić information content (AvgIpc) is 2.32. The van der Waals surface area contributed by atoms with Crippen LogP contribution in [0, 0.1) is 0 Å². The fraction of sp³-hybridized carbons (Fsp3) is 0.667. The Bertz CT molecular complexity index is 279. The summed E-state index contributed by atoms with van der Waals surface area (Å²) in [6.45, 7) is 9.22. The van der Waals surface area contributed by atoms with Crippen LogP contribution in [0.4, 0.5) is 0 Å². The highest BCUT2D eigenvalue weighted by molar-refractivity contribution is 7.45. The van der Waals surface area contributed by atoms with Crippen molar-refractivity contribution < 1.29 is 34.1 Å². The molecule has 0 saturated heterocycles. The Morgan fingerprint density at radius 1 is 1.15 bits per heavy atom. The van der Waals surface area contributed by atoms with E-state index >= 15 is 0 Å². The largest absolute Gasteiger partial charge is 0.466 e. The van der Waals surface area contributed by atoms with Crippen molar-refractivity contribution in [2.45, 2.75) is 51.9 Å². The molecule has 8 heteroatoms. The van der Waals surface area contributed by atoms with Crippen molar-refractivity contribution >= 4 is 7.82 Å². The molecule has 7 nitrogen and oxygen atoms in total. The Labute approximate surface area is 120 Å². The first-order valence-corrected chi connectivity index (χ1v) is 7.94. The van der Waals surface area contributed by atoms with Gasteiger partial charge in [0.05, 0.1) is 0 Å². The zero-order chi connectivity index (χ0) is 15.9. The Hall–Kier alpha value is -0.850. The molecule has 120 valence electrons. The lowest BCUT2D eigenvalue weighted by molar-refractivity contribution is -0.472. The molecule has 0 saturated carbocycles. The Balaban J connectivity index is 0. The van der Waals surface area contributed by atoms with Gasteiger partial charge in [0.25, 0.3) is 0 Å². The van der Waals surface area contributed by atoms with E-state index in [0.29, 0.717) is 5.76 Å². The van der Waals surface area contributed by atoms with Crippen LogP contribution in [0.25, 0.3) is 0 Å². The summed E-state index contributed by atoms with van der Waals surface area (Å²) in [4.78, 5) is 30.6. The van der Waals surface area contributed by atoms with Crippen molar-refractivity contribution in [3.05, 3.63) is 25.2 Å². The maximum atomic E-state index is 8.88. The highest BCUT2D eigenvalue weighted by Gasteiger charge is 2.00. The number of rotatable bonds is 11. The fourth-order valence-corrected chi connectivity index (χ4v) is 1.24. The van der Waals surface area contributed by atoms with Gasteiger partial charge in [0.1, 0.15) is 12.0 Å². The van der Waals surface area contributed by atoms with Gasteiger partial charge >= 0.3 is 7.82 Å². The second-order valence-electron chi connectivity index (χ2n) is 3.98. The van der Waals surface area contributed by atoms with E-state index in [-0.39, 0.29) is 0 Å². The zero-order valence-electron chi connectivity index (χ0n) is 11.9. The van der Waals surface area contributed by atoms with E-state index in [1.54, 1.807) is 0 Å². The van der Waals surface area contributed by atoms with Gasteiger partial charge in [-0.25, -0.2) is 4.57 Å². The fourth-order valence-electron chi connectivity index (χ4n) is 1.24. The van der Waals surface area contributed by atoms with E-state index in [0.717, 1.165) is 19.1 Å². The molecule has 0 aliphatic carbocycles. The van der Waals surface area contributed by atoms with Crippen LogP contribution in [0.1, 0.15) is 51.9 Å². The third-order valence-electron chi connectivity index (χ3n) is 2.07. The van der Waals surface area contributed by atoms with Crippen LogP contribution in [0.3, 0.4) is 0 Å². The van der Waals surface area contributed by atoms with Gasteiger partial charge < -0.3 is 24.5 Å². The molecule has 0 heterocycles. The van der Waals surface area contributed by atoms with E-state index < -0.39 is 7.82 Å². The van der Waals surface area contributed by atoms with Crippen LogP contribution in [0.15, 0.2) is 25.2 Å². The van der Waals surface area contributed by atoms with Crippen LogP contribution in [-0.2, 0) is 19.4 Å². The summed E-state index contributed by atoms with van der Waals surface area (Å²) in [5, 5.41) is 4.32. The number of hydrogen-bond donors (Lipinski definition) is 3. The SMILES string of the molecule is C=COOOC(=C)CCCCCCCC.O=P(O)(O)O. The monoisotopic (exact) mass is 312 g/mol. The molecule has 20 heavy (non-hydrogen) atoms. The van der Waals surface area contributed by atoms with Crippen LogP contribution in [0.2, 0.25) is 0 Å². The number of hydrogen-bond acceptors (Lipinski definition) is 4. The van der Waals surface area contributed by atoms with Gasteiger partial charge in [-0.3, -0.25) is 0 Å². The van der Waals surface area contributed by atoms with Gasteiger partial charge in [0.2, 0.25) is 0 Å². The highest BCUT2D eigenvalue weighted by Crippen LogP contribution is 2.25. The molecule has 0 radical (unpaired) electrons. The van der Waals surface area contributed by atoms with Crippen molar-refractivity contribution in [1.29, 1.82) is 0 Å². The van der Waals surface area contributed by atoms with Crippen LogP contribution < -0.4 is 0 Å². The molecule has 0 aromatic rings. The van der Waals surface area contributed by atoms with Crippen LogP contribution in [-0.4, -0.2) is 14.7 Å². The molecule has 0 atom stereocenters. The molecule has 3 N–H and O–H groups in total. The molecule has 0 unspecified atom stereocenters. The summed E-state index contributed by atoms with van der Waals surface area (Å²) in [6.07, 6.45) is 9.47. The Morgan fingerprint density at radius 3 is 2.15 bits per heavy atom. The highest BCUT2D eigenvalue weighted by atomic mass is 31.2. The molecule has 0 aromatic carbocycles. The van der Waals surface area contributed by atoms with E-state index in [9.17, 15) is 0 Å². The normalized spacial score (nSPS) is 10.2. The molecule has 0 amide bonds. The van der Waals surface area contributed by atoms with Crippen LogP contribution in [0.5, 0.6) is 0 Å². The van der Waals surface area contributed by atoms with Gasteiger partial charge in [-0.05, 0) is 6.42 Å². The Kier molecular flexibility index (Phi) is 15.6. The minimum atomic E-state index is -4.64. The lowest BCUT2D eigenvalue weighted by atomic mass is 10.1. The van der Waals surface area contributed by atoms with Crippen molar-refractivity contribution in [2.75, 3.05) is 0 Å². The minimum Gasteiger partial charge on any atom is -0.308 e. The third-order valence-corrected chi connectivity index (χ3v) is 2.07. The van der Waals surface area contributed by atoms with Crippen molar-refractivity contribution in [3.8, 4) is 0 Å². The van der Waals surface area contributed by atoms with Crippen LogP contribution >= 0.6 is 7.82 Å². The summed E-state index contributed by atoms with van der Waals surface area (Å²) in [5.74, 6) is 0.590. The van der Waals surface area contributed by atoms with E-state index in [4.69, 9.17) is 24.1 Å². The molecule has 0 bridgehead atoms. The molecule has 0 aliphatic heterocycles. The molecular weight excluding hydrogens is 287 g/mol. The molecule has 0 aromatic heterocycles. The van der Waals surface area contributed by atoms with Crippen molar-refractivity contribution in [3.63, 3.8) is 0 Å².